The third kappa shape index (κ3) is 4.89. The molecule has 2 aromatic carbocycles. The maximum atomic E-state index is 12.9. The number of para-hydroxylation sites is 1. The summed E-state index contributed by atoms with van der Waals surface area (Å²) in [5.74, 6) is -0.257. The monoisotopic (exact) mass is 457 g/mol. The molecule has 1 aliphatic carbocycles. The first-order valence-corrected chi connectivity index (χ1v) is 12.2. The molecule has 0 saturated carbocycles. The van der Waals surface area contributed by atoms with Crippen molar-refractivity contribution >= 4 is 29.1 Å². The molecule has 1 aliphatic heterocycles. The van der Waals surface area contributed by atoms with E-state index >= 15 is 0 Å². The average Bonchev–Trinajstić information content (AvgIpc) is 2.83. The van der Waals surface area contributed by atoms with E-state index in [-0.39, 0.29) is 17.4 Å². The fourth-order valence-electron chi connectivity index (χ4n) is 4.40. The van der Waals surface area contributed by atoms with E-state index in [0.717, 1.165) is 47.3 Å². The lowest BCUT2D eigenvalue weighted by molar-refractivity contribution is -0.116. The molecule has 1 heterocycles. The minimum Gasteiger partial charge on any atom is -0.352 e. The van der Waals surface area contributed by atoms with Gasteiger partial charge in [-0.1, -0.05) is 66.7 Å². The Hall–Kier alpha value is -3.30. The molecule has 168 valence electrons. The summed E-state index contributed by atoms with van der Waals surface area (Å²) >= 11 is 1.32. The van der Waals surface area contributed by atoms with Crippen molar-refractivity contribution in [1.29, 1.82) is 5.26 Å². The van der Waals surface area contributed by atoms with E-state index in [4.69, 9.17) is 0 Å². The molecule has 0 fully saturated rings. The fourth-order valence-corrected chi connectivity index (χ4v) is 5.27. The lowest BCUT2D eigenvalue weighted by Crippen LogP contribution is -2.31. The molecule has 33 heavy (non-hydrogen) atoms. The molecule has 2 aliphatic rings. The second-order valence-electron chi connectivity index (χ2n) is 8.34. The molecule has 1 amide bonds. The number of dihydropyridines is 1. The van der Waals surface area contributed by atoms with Gasteiger partial charge in [-0.05, 0) is 43.4 Å². The van der Waals surface area contributed by atoms with Crippen molar-refractivity contribution in [2.24, 2.45) is 0 Å². The molecule has 0 bridgehead atoms. The van der Waals surface area contributed by atoms with Crippen LogP contribution in [0.2, 0.25) is 0 Å². The van der Waals surface area contributed by atoms with Crippen LogP contribution in [0, 0.1) is 18.3 Å². The van der Waals surface area contributed by atoms with Gasteiger partial charge in [-0.3, -0.25) is 9.59 Å². The number of hydrogen-bond donors (Lipinski definition) is 2. The SMILES string of the molecule is CCc1ccccc1NC(=O)CSC1=C(C#N)[C@@H](c2ccc(C)cc2)C2=C(CCCC2=O)N1. The number of benzene rings is 2. The molecule has 5 nitrogen and oxygen atoms in total. The number of carbonyl (C=O) groups excluding carboxylic acids is 2. The summed E-state index contributed by atoms with van der Waals surface area (Å²) < 4.78 is 0. The van der Waals surface area contributed by atoms with Gasteiger partial charge in [0.15, 0.2) is 5.78 Å². The van der Waals surface area contributed by atoms with Gasteiger partial charge < -0.3 is 10.6 Å². The average molecular weight is 458 g/mol. The highest BCUT2D eigenvalue weighted by atomic mass is 32.2. The number of Topliss-reactive ketones (excluding diaryl/α,β-unsaturated/α-hetero) is 1. The maximum Gasteiger partial charge on any atom is 0.234 e. The first-order valence-electron chi connectivity index (χ1n) is 11.3. The van der Waals surface area contributed by atoms with Crippen LogP contribution in [0.1, 0.15) is 48.8 Å². The third-order valence-electron chi connectivity index (χ3n) is 6.09. The number of aryl methyl sites for hydroxylation is 2. The van der Waals surface area contributed by atoms with Gasteiger partial charge in [-0.15, -0.1) is 0 Å². The number of ketones is 1. The van der Waals surface area contributed by atoms with E-state index < -0.39 is 5.92 Å². The van der Waals surface area contributed by atoms with Crippen LogP contribution in [0.3, 0.4) is 0 Å². The number of thioether (sulfide) groups is 1. The van der Waals surface area contributed by atoms with Gasteiger partial charge in [0.2, 0.25) is 5.91 Å². The van der Waals surface area contributed by atoms with Crippen LogP contribution in [-0.4, -0.2) is 17.4 Å². The molecule has 2 aromatic rings. The smallest absolute Gasteiger partial charge is 0.234 e. The Labute approximate surface area is 199 Å². The van der Waals surface area contributed by atoms with Crippen molar-refractivity contribution < 1.29 is 9.59 Å². The van der Waals surface area contributed by atoms with Crippen LogP contribution < -0.4 is 10.6 Å². The first kappa shape index (κ1) is 22.9. The molecule has 0 radical (unpaired) electrons. The van der Waals surface area contributed by atoms with Gasteiger partial charge in [-0.2, -0.15) is 5.26 Å². The van der Waals surface area contributed by atoms with Crippen molar-refractivity contribution in [1.82, 2.24) is 5.32 Å². The normalized spacial score (nSPS) is 17.8. The van der Waals surface area contributed by atoms with Crippen LogP contribution in [-0.2, 0) is 16.0 Å². The zero-order chi connectivity index (χ0) is 23.4. The number of allylic oxidation sites excluding steroid dienone is 3. The Morgan fingerprint density at radius 3 is 2.67 bits per heavy atom. The molecule has 4 rings (SSSR count). The third-order valence-corrected chi connectivity index (χ3v) is 7.11. The summed E-state index contributed by atoms with van der Waals surface area (Å²) in [5.41, 5.74) is 6.04. The predicted molar refractivity (Wildman–Crippen MR) is 132 cm³/mol. The highest BCUT2D eigenvalue weighted by molar-refractivity contribution is 8.03. The van der Waals surface area contributed by atoms with E-state index in [2.05, 4.69) is 23.6 Å². The molecular weight excluding hydrogens is 430 g/mol. The predicted octanol–water partition coefficient (Wildman–Crippen LogP) is 5.36. The maximum absolute atomic E-state index is 12.9. The number of rotatable bonds is 6. The summed E-state index contributed by atoms with van der Waals surface area (Å²) in [5, 5.41) is 17.1. The summed E-state index contributed by atoms with van der Waals surface area (Å²) in [4.78, 5) is 25.6. The highest BCUT2D eigenvalue weighted by Gasteiger charge is 2.37. The zero-order valence-electron chi connectivity index (χ0n) is 18.9. The first-order chi connectivity index (χ1) is 16.0. The van der Waals surface area contributed by atoms with Crippen molar-refractivity contribution in [2.75, 3.05) is 11.1 Å². The second-order valence-corrected chi connectivity index (χ2v) is 9.33. The Balaban J connectivity index is 1.61. The quantitative estimate of drug-likeness (QED) is 0.610. The standard InChI is InChI=1S/C27H27N3O2S/c1-3-18-7-4-5-8-21(18)29-24(32)16-33-27-20(15-28)25(19-13-11-17(2)12-14-19)26-22(30-27)9-6-10-23(26)31/h4-5,7-8,11-14,25,30H,3,6,9-10,16H2,1-2H3,(H,29,32)/t25-/m1/s1. The van der Waals surface area contributed by atoms with Crippen molar-refractivity contribution in [3.8, 4) is 6.07 Å². The molecule has 6 heteroatoms. The molecule has 0 aromatic heterocycles. The number of carbonyl (C=O) groups is 2. The highest BCUT2D eigenvalue weighted by Crippen LogP contribution is 2.44. The summed E-state index contributed by atoms with van der Waals surface area (Å²) in [7, 11) is 0. The number of nitrogens with one attached hydrogen (secondary N) is 2. The molecule has 2 N–H and O–H groups in total. The van der Waals surface area contributed by atoms with E-state index in [0.29, 0.717) is 22.6 Å². The number of hydrogen-bond acceptors (Lipinski definition) is 5. The van der Waals surface area contributed by atoms with Gasteiger partial charge in [-0.25, -0.2) is 0 Å². The lowest BCUT2D eigenvalue weighted by Gasteiger charge is -2.33. The fraction of sp³-hybridized carbons (Fsp3) is 0.296. The number of anilines is 1. The number of nitrogens with zero attached hydrogens (tertiary/aromatic N) is 1. The minimum atomic E-state index is -0.397. The van der Waals surface area contributed by atoms with E-state index in [1.54, 1.807) is 0 Å². The Morgan fingerprint density at radius 2 is 1.94 bits per heavy atom. The number of amides is 1. The topological polar surface area (TPSA) is 82.0 Å². The molecule has 0 spiro atoms. The Morgan fingerprint density at radius 1 is 1.18 bits per heavy atom. The zero-order valence-corrected chi connectivity index (χ0v) is 19.7. The van der Waals surface area contributed by atoms with Gasteiger partial charge >= 0.3 is 0 Å². The van der Waals surface area contributed by atoms with Gasteiger partial charge in [0.05, 0.1) is 28.3 Å². The van der Waals surface area contributed by atoms with Crippen molar-refractivity contribution in [3.05, 3.63) is 87.1 Å². The molecule has 0 unspecified atom stereocenters. The Bertz CT molecular complexity index is 1190. The largest absolute Gasteiger partial charge is 0.352 e. The van der Waals surface area contributed by atoms with Crippen LogP contribution >= 0.6 is 11.8 Å². The van der Waals surface area contributed by atoms with Gasteiger partial charge in [0.1, 0.15) is 0 Å². The Kier molecular flexibility index (Phi) is 7.00. The summed E-state index contributed by atoms with van der Waals surface area (Å²) in [6.45, 7) is 4.07. The lowest BCUT2D eigenvalue weighted by atomic mass is 9.77. The second kappa shape index (κ2) is 10.1. The molecular formula is C27H27N3O2S. The van der Waals surface area contributed by atoms with Crippen molar-refractivity contribution in [2.45, 2.75) is 45.4 Å². The van der Waals surface area contributed by atoms with E-state index in [1.165, 1.54) is 11.8 Å². The molecule has 0 saturated heterocycles. The van der Waals surface area contributed by atoms with Gasteiger partial charge in [0, 0.05) is 23.4 Å². The van der Waals surface area contributed by atoms with Crippen LogP contribution in [0.5, 0.6) is 0 Å². The van der Waals surface area contributed by atoms with Crippen LogP contribution in [0.15, 0.2) is 70.4 Å². The van der Waals surface area contributed by atoms with E-state index in [1.807, 2.05) is 55.5 Å². The van der Waals surface area contributed by atoms with Gasteiger partial charge in [0.25, 0.3) is 0 Å². The van der Waals surface area contributed by atoms with Crippen LogP contribution in [0.4, 0.5) is 5.69 Å². The van der Waals surface area contributed by atoms with Crippen molar-refractivity contribution in [3.63, 3.8) is 0 Å². The molecule has 1 atom stereocenters. The minimum absolute atomic E-state index is 0.0973. The van der Waals surface area contributed by atoms with Crippen LogP contribution in [0.25, 0.3) is 0 Å². The number of nitriles is 1. The summed E-state index contributed by atoms with van der Waals surface area (Å²) in [6.07, 6.45) is 2.89. The summed E-state index contributed by atoms with van der Waals surface area (Å²) in [6, 6.07) is 18.1. The van der Waals surface area contributed by atoms with E-state index in [9.17, 15) is 14.9 Å².